The molecule has 1 aromatic heterocycles. The molecule has 0 radical (unpaired) electrons. The predicted molar refractivity (Wildman–Crippen MR) is 101 cm³/mol. The molecule has 4 rings (SSSR count). The molecule has 0 saturated heterocycles. The Labute approximate surface area is 146 Å². The molecule has 1 heterocycles. The SMILES string of the molecule is Cc1ccccc1CS(=O)(=O)Nc1ccc2c(c1)oc1ccccc12. The molecule has 0 fully saturated rings. The lowest BCUT2D eigenvalue weighted by atomic mass is 10.1. The summed E-state index contributed by atoms with van der Waals surface area (Å²) in [5.41, 5.74) is 3.70. The first-order valence-corrected chi connectivity index (χ1v) is 9.63. The average Bonchev–Trinajstić information content (AvgIpc) is 2.94. The van der Waals surface area contributed by atoms with E-state index in [9.17, 15) is 8.42 Å². The largest absolute Gasteiger partial charge is 0.456 e. The van der Waals surface area contributed by atoms with Crippen molar-refractivity contribution in [3.8, 4) is 0 Å². The first-order chi connectivity index (χ1) is 12.0. The molecule has 4 aromatic rings. The van der Waals surface area contributed by atoms with Crippen molar-refractivity contribution in [1.82, 2.24) is 0 Å². The average molecular weight is 351 g/mol. The minimum atomic E-state index is -3.50. The van der Waals surface area contributed by atoms with E-state index in [1.807, 2.05) is 61.5 Å². The zero-order valence-corrected chi connectivity index (χ0v) is 14.5. The second-order valence-corrected chi connectivity index (χ2v) is 7.82. The molecule has 4 nitrogen and oxygen atoms in total. The third-order valence-corrected chi connectivity index (χ3v) is 5.50. The van der Waals surface area contributed by atoms with E-state index in [0.29, 0.717) is 11.3 Å². The minimum Gasteiger partial charge on any atom is -0.456 e. The highest BCUT2D eigenvalue weighted by molar-refractivity contribution is 7.91. The van der Waals surface area contributed by atoms with Gasteiger partial charge in [0.05, 0.1) is 11.4 Å². The summed E-state index contributed by atoms with van der Waals surface area (Å²) in [6.45, 7) is 1.91. The Morgan fingerprint density at radius 2 is 1.60 bits per heavy atom. The maximum Gasteiger partial charge on any atom is 0.236 e. The Hall–Kier alpha value is -2.79. The lowest BCUT2D eigenvalue weighted by molar-refractivity contribution is 0.600. The van der Waals surface area contributed by atoms with E-state index in [4.69, 9.17) is 4.42 Å². The van der Waals surface area contributed by atoms with E-state index in [-0.39, 0.29) is 5.75 Å². The summed E-state index contributed by atoms with van der Waals surface area (Å²) in [7, 11) is -3.50. The molecule has 1 N–H and O–H groups in total. The van der Waals surface area contributed by atoms with Crippen LogP contribution in [0.1, 0.15) is 11.1 Å². The molecule has 0 aliphatic rings. The molecule has 0 spiro atoms. The number of hydrogen-bond acceptors (Lipinski definition) is 3. The van der Waals surface area contributed by atoms with Crippen LogP contribution >= 0.6 is 0 Å². The molecule has 0 unspecified atom stereocenters. The van der Waals surface area contributed by atoms with Gasteiger partial charge in [-0.25, -0.2) is 8.42 Å². The molecule has 126 valence electrons. The maximum absolute atomic E-state index is 12.5. The van der Waals surface area contributed by atoms with Crippen molar-refractivity contribution >= 4 is 37.6 Å². The van der Waals surface area contributed by atoms with Crippen molar-refractivity contribution in [3.63, 3.8) is 0 Å². The molecule has 0 aliphatic carbocycles. The van der Waals surface area contributed by atoms with Gasteiger partial charge in [0.15, 0.2) is 0 Å². The highest BCUT2D eigenvalue weighted by atomic mass is 32.2. The van der Waals surface area contributed by atoms with Crippen molar-refractivity contribution in [2.24, 2.45) is 0 Å². The first kappa shape index (κ1) is 15.7. The van der Waals surface area contributed by atoms with Gasteiger partial charge in [-0.1, -0.05) is 42.5 Å². The number of furan rings is 1. The number of benzene rings is 3. The summed E-state index contributed by atoms with van der Waals surface area (Å²) in [5.74, 6) is -0.0577. The van der Waals surface area contributed by atoms with Gasteiger partial charge in [0.1, 0.15) is 11.2 Å². The third-order valence-electron chi connectivity index (χ3n) is 4.26. The molecule has 3 aromatic carbocycles. The van der Waals surface area contributed by atoms with Crippen LogP contribution in [0.5, 0.6) is 0 Å². The zero-order valence-electron chi connectivity index (χ0n) is 13.7. The molecule has 0 bridgehead atoms. The van der Waals surface area contributed by atoms with E-state index in [2.05, 4.69) is 4.72 Å². The number of fused-ring (bicyclic) bond motifs is 3. The number of nitrogens with one attached hydrogen (secondary N) is 1. The smallest absolute Gasteiger partial charge is 0.236 e. The number of aryl methyl sites for hydroxylation is 1. The lowest BCUT2D eigenvalue weighted by Gasteiger charge is -2.09. The number of hydrogen-bond donors (Lipinski definition) is 1. The fourth-order valence-corrected chi connectivity index (χ4v) is 4.27. The van der Waals surface area contributed by atoms with Crippen molar-refractivity contribution in [2.75, 3.05) is 4.72 Å². The summed E-state index contributed by atoms with van der Waals surface area (Å²) < 4.78 is 33.4. The lowest BCUT2D eigenvalue weighted by Crippen LogP contribution is -2.15. The van der Waals surface area contributed by atoms with Gasteiger partial charge in [-0.05, 0) is 36.2 Å². The van der Waals surface area contributed by atoms with Gasteiger partial charge >= 0.3 is 0 Å². The Morgan fingerprint density at radius 1 is 0.880 bits per heavy atom. The van der Waals surface area contributed by atoms with Gasteiger partial charge in [-0.15, -0.1) is 0 Å². The van der Waals surface area contributed by atoms with Crippen molar-refractivity contribution in [3.05, 3.63) is 77.9 Å². The number of rotatable bonds is 4. The Kier molecular flexibility index (Phi) is 3.73. The van der Waals surface area contributed by atoms with Crippen LogP contribution in [0.15, 0.2) is 71.1 Å². The van der Waals surface area contributed by atoms with Crippen LogP contribution in [0.4, 0.5) is 5.69 Å². The van der Waals surface area contributed by atoms with Crippen molar-refractivity contribution < 1.29 is 12.8 Å². The Balaban J connectivity index is 1.65. The summed E-state index contributed by atoms with van der Waals surface area (Å²) in [6.07, 6.45) is 0. The minimum absolute atomic E-state index is 0.0577. The fraction of sp³-hybridized carbons (Fsp3) is 0.100. The van der Waals surface area contributed by atoms with Gasteiger partial charge in [-0.3, -0.25) is 4.72 Å². The monoisotopic (exact) mass is 351 g/mol. The van der Waals surface area contributed by atoms with Gasteiger partial charge in [0.2, 0.25) is 10.0 Å². The van der Waals surface area contributed by atoms with Crippen LogP contribution in [-0.4, -0.2) is 8.42 Å². The van der Waals surface area contributed by atoms with Gasteiger partial charge < -0.3 is 4.42 Å². The number of para-hydroxylation sites is 1. The highest BCUT2D eigenvalue weighted by Crippen LogP contribution is 2.30. The highest BCUT2D eigenvalue weighted by Gasteiger charge is 2.14. The van der Waals surface area contributed by atoms with Crippen LogP contribution in [0, 0.1) is 6.92 Å². The van der Waals surface area contributed by atoms with Crippen LogP contribution < -0.4 is 4.72 Å². The van der Waals surface area contributed by atoms with Crippen LogP contribution in [0.25, 0.3) is 21.9 Å². The normalized spacial score (nSPS) is 11.9. The van der Waals surface area contributed by atoms with E-state index in [1.165, 1.54) is 0 Å². The van der Waals surface area contributed by atoms with E-state index in [1.54, 1.807) is 12.1 Å². The van der Waals surface area contributed by atoms with Crippen LogP contribution in [-0.2, 0) is 15.8 Å². The van der Waals surface area contributed by atoms with E-state index < -0.39 is 10.0 Å². The number of sulfonamides is 1. The summed E-state index contributed by atoms with van der Waals surface area (Å²) >= 11 is 0. The van der Waals surface area contributed by atoms with Crippen LogP contribution in [0.2, 0.25) is 0 Å². The molecular formula is C20H17NO3S. The number of anilines is 1. The quantitative estimate of drug-likeness (QED) is 0.572. The van der Waals surface area contributed by atoms with Crippen LogP contribution in [0.3, 0.4) is 0 Å². The fourth-order valence-electron chi connectivity index (χ4n) is 2.98. The second-order valence-electron chi connectivity index (χ2n) is 6.10. The Morgan fingerprint density at radius 3 is 2.44 bits per heavy atom. The molecule has 0 aliphatic heterocycles. The van der Waals surface area contributed by atoms with E-state index in [0.717, 1.165) is 27.5 Å². The second kappa shape index (κ2) is 5.93. The standard InChI is InChI=1S/C20H17NO3S/c1-14-6-2-3-7-15(14)13-25(22,23)21-16-10-11-18-17-8-4-5-9-19(17)24-20(18)12-16/h2-12,21H,13H2,1H3. The van der Waals surface area contributed by atoms with Gasteiger partial charge in [-0.2, -0.15) is 0 Å². The third kappa shape index (κ3) is 3.10. The summed E-state index contributed by atoms with van der Waals surface area (Å²) in [6, 6.07) is 20.6. The predicted octanol–water partition coefficient (Wildman–Crippen LogP) is 4.84. The summed E-state index contributed by atoms with van der Waals surface area (Å²) in [4.78, 5) is 0. The molecule has 0 atom stereocenters. The van der Waals surface area contributed by atoms with Crippen molar-refractivity contribution in [1.29, 1.82) is 0 Å². The molecule has 5 heteroatoms. The Bertz CT molecular complexity index is 1180. The maximum atomic E-state index is 12.5. The molecule has 0 amide bonds. The topological polar surface area (TPSA) is 59.3 Å². The van der Waals surface area contributed by atoms with E-state index >= 15 is 0 Å². The van der Waals surface area contributed by atoms with Gasteiger partial charge in [0, 0.05) is 16.8 Å². The first-order valence-electron chi connectivity index (χ1n) is 7.98. The molecule has 0 saturated carbocycles. The van der Waals surface area contributed by atoms with Crippen molar-refractivity contribution in [2.45, 2.75) is 12.7 Å². The van der Waals surface area contributed by atoms with Gasteiger partial charge in [0.25, 0.3) is 0 Å². The summed E-state index contributed by atoms with van der Waals surface area (Å²) in [5, 5.41) is 1.99. The molecular weight excluding hydrogens is 334 g/mol. The molecule has 25 heavy (non-hydrogen) atoms. The zero-order chi connectivity index (χ0) is 17.4.